The number of carbonyl (C=O) groups excluding carboxylic acids is 2. The van der Waals surface area contributed by atoms with Crippen LogP contribution in [0.15, 0.2) is 30.3 Å². The van der Waals surface area contributed by atoms with Crippen molar-refractivity contribution < 1.29 is 14.3 Å². The van der Waals surface area contributed by atoms with Crippen LogP contribution in [0.2, 0.25) is 0 Å². The molecule has 0 saturated carbocycles. The maximum absolute atomic E-state index is 11.5. The van der Waals surface area contributed by atoms with Crippen molar-refractivity contribution in [2.45, 2.75) is 38.8 Å². The van der Waals surface area contributed by atoms with Gasteiger partial charge in [-0.1, -0.05) is 43.7 Å². The van der Waals surface area contributed by atoms with Gasteiger partial charge in [0.15, 0.2) is 0 Å². The molecule has 0 aromatic heterocycles. The van der Waals surface area contributed by atoms with Crippen LogP contribution < -0.4 is 11.1 Å². The Labute approximate surface area is 119 Å². The molecule has 0 bridgehead atoms. The Morgan fingerprint density at radius 1 is 1.30 bits per heavy atom. The molecule has 0 spiro atoms. The van der Waals surface area contributed by atoms with E-state index in [1.165, 1.54) is 0 Å². The minimum absolute atomic E-state index is 0.170. The van der Waals surface area contributed by atoms with Gasteiger partial charge in [-0.25, -0.2) is 5.73 Å². The van der Waals surface area contributed by atoms with Crippen LogP contribution in [-0.2, 0) is 20.9 Å². The van der Waals surface area contributed by atoms with E-state index < -0.39 is 17.9 Å². The summed E-state index contributed by atoms with van der Waals surface area (Å²) in [6.07, 6.45) is 1.63. The number of hydrogen-bond acceptors (Lipinski definition) is 3. The Balaban J connectivity index is 2.25. The lowest BCUT2D eigenvalue weighted by Crippen LogP contribution is -2.37. The van der Waals surface area contributed by atoms with E-state index in [1.807, 2.05) is 37.3 Å². The summed E-state index contributed by atoms with van der Waals surface area (Å²) in [7, 11) is 0. The molecular formula is C15H21N2O3. The molecule has 1 unspecified atom stereocenters. The number of ether oxygens (including phenoxy) is 1. The topological polar surface area (TPSA) is 79.2 Å². The largest absolute Gasteiger partial charge is 0.461 e. The fourth-order valence-electron chi connectivity index (χ4n) is 1.57. The smallest absolute Gasteiger partial charge is 0.308 e. The third-order valence-electron chi connectivity index (χ3n) is 2.76. The first-order chi connectivity index (χ1) is 9.63. The predicted molar refractivity (Wildman–Crippen MR) is 75.7 cm³/mol. The minimum Gasteiger partial charge on any atom is -0.461 e. The number of benzene rings is 1. The van der Waals surface area contributed by atoms with Crippen LogP contribution >= 0.6 is 0 Å². The summed E-state index contributed by atoms with van der Waals surface area (Å²) in [4.78, 5) is 23.1. The average Bonchev–Trinajstić information content (AvgIpc) is 2.46. The SMILES string of the molecule is CCCCNC(=O)C([NH])CC(=O)OCc1ccccc1. The van der Waals surface area contributed by atoms with Crippen molar-refractivity contribution in [1.82, 2.24) is 11.1 Å². The summed E-state index contributed by atoms with van der Waals surface area (Å²) < 4.78 is 5.04. The first kappa shape index (κ1) is 16.2. The number of hydrogen-bond donors (Lipinski definition) is 1. The highest BCUT2D eigenvalue weighted by atomic mass is 16.5. The Morgan fingerprint density at radius 3 is 2.65 bits per heavy atom. The molecule has 1 aromatic carbocycles. The lowest BCUT2D eigenvalue weighted by molar-refractivity contribution is -0.146. The second kappa shape index (κ2) is 9.09. The van der Waals surface area contributed by atoms with Gasteiger partial charge in [-0.3, -0.25) is 9.59 Å². The van der Waals surface area contributed by atoms with Crippen LogP contribution in [0.1, 0.15) is 31.7 Å². The molecule has 0 aliphatic carbocycles. The summed E-state index contributed by atoms with van der Waals surface area (Å²) in [5.41, 5.74) is 8.50. The lowest BCUT2D eigenvalue weighted by atomic mass is 10.2. The van der Waals surface area contributed by atoms with Gasteiger partial charge in [0, 0.05) is 6.54 Å². The molecule has 1 rings (SSSR count). The van der Waals surface area contributed by atoms with E-state index in [2.05, 4.69) is 5.32 Å². The van der Waals surface area contributed by atoms with Gasteiger partial charge in [-0.15, -0.1) is 0 Å². The first-order valence-corrected chi connectivity index (χ1v) is 6.82. The second-order valence-electron chi connectivity index (χ2n) is 4.55. The molecule has 1 aromatic rings. The van der Waals surface area contributed by atoms with Crippen molar-refractivity contribution in [3.8, 4) is 0 Å². The molecule has 109 valence electrons. The molecule has 0 saturated heterocycles. The number of amides is 1. The summed E-state index contributed by atoms with van der Waals surface area (Å²) in [5, 5.41) is 2.63. The van der Waals surface area contributed by atoms with Crippen molar-refractivity contribution in [2.75, 3.05) is 6.54 Å². The first-order valence-electron chi connectivity index (χ1n) is 6.82. The van der Waals surface area contributed by atoms with E-state index in [-0.39, 0.29) is 13.0 Å². The Bertz CT molecular complexity index is 420. The molecule has 0 aliphatic rings. The molecule has 5 nitrogen and oxygen atoms in total. The fourth-order valence-corrected chi connectivity index (χ4v) is 1.57. The third kappa shape index (κ3) is 6.33. The van der Waals surface area contributed by atoms with Crippen molar-refractivity contribution >= 4 is 11.9 Å². The standard InChI is InChI=1S/C15H21N2O3/c1-2-3-9-17-15(19)13(16)10-14(18)20-11-12-7-5-4-6-8-12/h4-8,13,16H,2-3,9-11H2,1H3,(H,17,19). The van der Waals surface area contributed by atoms with E-state index in [1.54, 1.807) is 0 Å². The van der Waals surface area contributed by atoms with Gasteiger partial charge in [0.05, 0.1) is 6.42 Å². The van der Waals surface area contributed by atoms with Gasteiger partial charge in [0.1, 0.15) is 12.6 Å². The van der Waals surface area contributed by atoms with Crippen molar-refractivity contribution in [1.29, 1.82) is 0 Å². The van der Waals surface area contributed by atoms with E-state index in [0.717, 1.165) is 18.4 Å². The zero-order valence-corrected chi connectivity index (χ0v) is 11.7. The normalized spacial score (nSPS) is 11.7. The molecule has 5 heteroatoms. The van der Waals surface area contributed by atoms with Gasteiger partial charge >= 0.3 is 5.97 Å². The van der Waals surface area contributed by atoms with Gasteiger partial charge in [0.25, 0.3) is 0 Å². The van der Waals surface area contributed by atoms with Crippen molar-refractivity contribution in [3.63, 3.8) is 0 Å². The lowest BCUT2D eigenvalue weighted by Gasteiger charge is -2.11. The van der Waals surface area contributed by atoms with E-state index >= 15 is 0 Å². The van der Waals surface area contributed by atoms with Crippen molar-refractivity contribution in [2.24, 2.45) is 0 Å². The summed E-state index contributed by atoms with van der Waals surface area (Å²) in [6.45, 7) is 2.74. The highest BCUT2D eigenvalue weighted by Crippen LogP contribution is 2.03. The number of rotatable bonds is 8. The van der Waals surface area contributed by atoms with Crippen LogP contribution in [0, 0.1) is 0 Å². The van der Waals surface area contributed by atoms with Crippen LogP contribution in [0.5, 0.6) is 0 Å². The maximum Gasteiger partial charge on any atom is 0.308 e. The minimum atomic E-state index is -1.10. The fraction of sp³-hybridized carbons (Fsp3) is 0.467. The monoisotopic (exact) mass is 277 g/mol. The number of carbonyl (C=O) groups is 2. The molecule has 1 amide bonds. The Kier molecular flexibility index (Phi) is 7.35. The highest BCUT2D eigenvalue weighted by Gasteiger charge is 2.18. The number of unbranched alkanes of at least 4 members (excludes halogenated alkanes) is 1. The van der Waals surface area contributed by atoms with Gasteiger partial charge in [-0.2, -0.15) is 0 Å². The summed E-state index contributed by atoms with van der Waals surface area (Å²) >= 11 is 0. The molecule has 1 atom stereocenters. The van der Waals surface area contributed by atoms with Gasteiger partial charge < -0.3 is 10.1 Å². The summed E-state index contributed by atoms with van der Waals surface area (Å²) in [6, 6.07) is 8.20. The molecular weight excluding hydrogens is 256 g/mol. The molecule has 0 fully saturated rings. The molecule has 0 aliphatic heterocycles. The second-order valence-corrected chi connectivity index (χ2v) is 4.55. The Morgan fingerprint density at radius 2 is 2.00 bits per heavy atom. The quantitative estimate of drug-likeness (QED) is 0.580. The average molecular weight is 277 g/mol. The number of esters is 1. The van der Waals surface area contributed by atoms with E-state index in [9.17, 15) is 9.59 Å². The van der Waals surface area contributed by atoms with E-state index in [4.69, 9.17) is 10.5 Å². The van der Waals surface area contributed by atoms with Crippen LogP contribution in [0.4, 0.5) is 0 Å². The zero-order chi connectivity index (χ0) is 14.8. The molecule has 1 radical (unpaired) electrons. The summed E-state index contributed by atoms with van der Waals surface area (Å²) in [5.74, 6) is -0.949. The molecule has 20 heavy (non-hydrogen) atoms. The van der Waals surface area contributed by atoms with Crippen LogP contribution in [0.25, 0.3) is 0 Å². The van der Waals surface area contributed by atoms with Crippen molar-refractivity contribution in [3.05, 3.63) is 35.9 Å². The third-order valence-corrected chi connectivity index (χ3v) is 2.76. The number of nitrogens with one attached hydrogen (secondary N) is 2. The zero-order valence-electron chi connectivity index (χ0n) is 11.7. The molecule has 2 N–H and O–H groups in total. The highest BCUT2D eigenvalue weighted by molar-refractivity contribution is 5.86. The molecule has 0 heterocycles. The maximum atomic E-state index is 11.5. The van der Waals surface area contributed by atoms with Gasteiger partial charge in [0.2, 0.25) is 5.91 Å². The van der Waals surface area contributed by atoms with Gasteiger partial charge in [-0.05, 0) is 12.0 Å². The van der Waals surface area contributed by atoms with Crippen LogP contribution in [-0.4, -0.2) is 24.5 Å². The predicted octanol–water partition coefficient (Wildman–Crippen LogP) is 1.69. The van der Waals surface area contributed by atoms with E-state index in [0.29, 0.717) is 6.54 Å². The Hall–Kier alpha value is -1.88. The van der Waals surface area contributed by atoms with Crippen LogP contribution in [0.3, 0.4) is 0 Å².